The van der Waals surface area contributed by atoms with Crippen molar-refractivity contribution < 1.29 is 19.7 Å². The van der Waals surface area contributed by atoms with Gasteiger partial charge in [-0.05, 0) is 58.3 Å². The summed E-state index contributed by atoms with van der Waals surface area (Å²) in [6.07, 6.45) is 3.08. The molecule has 3 rings (SSSR count). The lowest BCUT2D eigenvalue weighted by molar-refractivity contribution is 0.0597. The van der Waals surface area contributed by atoms with Crippen LogP contribution >= 0.6 is 0 Å². The number of aromatic hydroxyl groups is 2. The summed E-state index contributed by atoms with van der Waals surface area (Å²) in [4.78, 5) is 11.6. The Morgan fingerprint density at radius 3 is 2.23 bits per heavy atom. The van der Waals surface area contributed by atoms with Crippen LogP contribution in [-0.2, 0) is 4.74 Å². The molecule has 0 atom stereocenters. The number of esters is 1. The number of hydrogen-bond acceptors (Lipinski definition) is 6. The molecule has 2 N–H and O–H groups in total. The Labute approximate surface area is 149 Å². The quantitative estimate of drug-likeness (QED) is 0.429. The van der Waals surface area contributed by atoms with Crippen LogP contribution in [0.2, 0.25) is 0 Å². The third-order valence-corrected chi connectivity index (χ3v) is 3.75. The van der Waals surface area contributed by atoms with Crippen LogP contribution in [0.15, 0.2) is 64.8 Å². The molecule has 6 nitrogen and oxygen atoms in total. The van der Waals surface area contributed by atoms with Crippen LogP contribution in [0, 0.1) is 0 Å². The number of carbonyl (C=O) groups excluding carboxylic acids is 1. The Morgan fingerprint density at radius 1 is 0.885 bits per heavy atom. The second-order valence-corrected chi connectivity index (χ2v) is 5.55. The number of benzene rings is 3. The van der Waals surface area contributed by atoms with Gasteiger partial charge in [0.25, 0.3) is 0 Å². The van der Waals surface area contributed by atoms with E-state index in [1.807, 2.05) is 24.3 Å². The van der Waals surface area contributed by atoms with Crippen LogP contribution in [0.4, 0.5) is 0 Å². The van der Waals surface area contributed by atoms with Gasteiger partial charge in [0, 0.05) is 0 Å². The predicted octanol–water partition coefficient (Wildman–Crippen LogP) is 3.49. The molecule has 3 aromatic rings. The average molecular weight is 348 g/mol. The summed E-state index contributed by atoms with van der Waals surface area (Å²) in [6, 6.07) is 15.3. The molecule has 0 bridgehead atoms. The zero-order valence-electron chi connectivity index (χ0n) is 14.0. The third kappa shape index (κ3) is 3.87. The maximum Gasteiger partial charge on any atom is 0.341 e. The molecule has 0 aliphatic rings. The van der Waals surface area contributed by atoms with Crippen molar-refractivity contribution in [1.29, 1.82) is 0 Å². The molecule has 26 heavy (non-hydrogen) atoms. The van der Waals surface area contributed by atoms with Crippen molar-refractivity contribution in [2.75, 3.05) is 7.11 Å². The molecule has 6 heteroatoms. The monoisotopic (exact) mass is 348 g/mol. The number of ether oxygens (including phenoxy) is 1. The fourth-order valence-corrected chi connectivity index (χ4v) is 2.44. The lowest BCUT2D eigenvalue weighted by Crippen LogP contribution is -2.02. The number of hydrogen-bond donors (Lipinski definition) is 2. The SMILES string of the molecule is COC(=O)c1cc(C=NN=Cc2ccc3cc(O)ccc3c2)ccc1O. The molecule has 0 amide bonds. The summed E-state index contributed by atoms with van der Waals surface area (Å²) in [6.45, 7) is 0. The minimum atomic E-state index is -0.622. The van der Waals surface area contributed by atoms with Gasteiger partial charge in [0.1, 0.15) is 17.1 Å². The van der Waals surface area contributed by atoms with E-state index in [2.05, 4.69) is 14.9 Å². The number of carbonyl (C=O) groups is 1. The number of rotatable bonds is 4. The van der Waals surface area contributed by atoms with E-state index in [4.69, 9.17) is 0 Å². The van der Waals surface area contributed by atoms with E-state index in [0.29, 0.717) is 5.56 Å². The van der Waals surface area contributed by atoms with Gasteiger partial charge in [-0.25, -0.2) is 4.79 Å². The van der Waals surface area contributed by atoms with Gasteiger partial charge in [0.05, 0.1) is 19.5 Å². The highest BCUT2D eigenvalue weighted by atomic mass is 16.5. The van der Waals surface area contributed by atoms with Crippen molar-refractivity contribution in [3.8, 4) is 11.5 Å². The molecular weight excluding hydrogens is 332 g/mol. The fourth-order valence-electron chi connectivity index (χ4n) is 2.44. The van der Waals surface area contributed by atoms with Crippen LogP contribution in [0.1, 0.15) is 21.5 Å². The zero-order valence-corrected chi connectivity index (χ0v) is 14.0. The summed E-state index contributed by atoms with van der Waals surface area (Å²) in [5.41, 5.74) is 1.54. The molecule has 0 spiro atoms. The van der Waals surface area contributed by atoms with Gasteiger partial charge in [0.2, 0.25) is 0 Å². The number of nitrogens with zero attached hydrogens (tertiary/aromatic N) is 2. The van der Waals surface area contributed by atoms with E-state index in [9.17, 15) is 15.0 Å². The summed E-state index contributed by atoms with van der Waals surface area (Å²) in [7, 11) is 1.25. The molecule has 0 heterocycles. The topological polar surface area (TPSA) is 91.5 Å². The number of methoxy groups -OCH3 is 1. The Bertz CT molecular complexity index is 1030. The summed E-state index contributed by atoms with van der Waals surface area (Å²) in [5, 5.41) is 29.0. The lowest BCUT2D eigenvalue weighted by Gasteiger charge is -2.02. The van der Waals surface area contributed by atoms with Crippen LogP contribution in [0.3, 0.4) is 0 Å². The Balaban J connectivity index is 1.76. The number of phenolic OH excluding ortho intramolecular Hbond substituents is 2. The van der Waals surface area contributed by atoms with Crippen molar-refractivity contribution in [2.45, 2.75) is 0 Å². The first-order chi connectivity index (χ1) is 12.6. The van der Waals surface area contributed by atoms with E-state index in [1.54, 1.807) is 24.4 Å². The highest BCUT2D eigenvalue weighted by Crippen LogP contribution is 2.21. The van der Waals surface area contributed by atoms with Crippen molar-refractivity contribution in [3.63, 3.8) is 0 Å². The largest absolute Gasteiger partial charge is 0.508 e. The normalized spacial score (nSPS) is 11.4. The van der Waals surface area contributed by atoms with Crippen LogP contribution in [0.5, 0.6) is 11.5 Å². The highest BCUT2D eigenvalue weighted by molar-refractivity contribution is 5.95. The third-order valence-electron chi connectivity index (χ3n) is 3.75. The number of fused-ring (bicyclic) bond motifs is 1. The minimum absolute atomic E-state index is 0.0678. The zero-order chi connectivity index (χ0) is 18.5. The second kappa shape index (κ2) is 7.48. The standard InChI is InChI=1S/C20H16N2O4/c1-26-20(25)18-9-14(3-7-19(18)24)12-22-21-11-13-2-4-16-10-17(23)6-5-15(16)8-13/h2-12,23-24H,1H3. The molecule has 0 unspecified atom stereocenters. The van der Waals surface area contributed by atoms with E-state index in [0.717, 1.165) is 16.3 Å². The average Bonchev–Trinajstić information content (AvgIpc) is 2.65. The Kier molecular flexibility index (Phi) is 4.94. The van der Waals surface area contributed by atoms with Gasteiger partial charge >= 0.3 is 5.97 Å². The van der Waals surface area contributed by atoms with Gasteiger partial charge < -0.3 is 14.9 Å². The minimum Gasteiger partial charge on any atom is -0.508 e. The molecule has 0 fully saturated rings. The molecule has 0 saturated heterocycles. The summed E-state index contributed by atoms with van der Waals surface area (Å²) in [5.74, 6) is -0.549. The van der Waals surface area contributed by atoms with Gasteiger partial charge in [-0.3, -0.25) is 0 Å². The molecule has 3 aromatic carbocycles. The molecule has 0 aromatic heterocycles. The van der Waals surface area contributed by atoms with E-state index < -0.39 is 5.97 Å². The van der Waals surface area contributed by atoms with E-state index in [1.165, 1.54) is 25.5 Å². The van der Waals surface area contributed by atoms with Crippen molar-refractivity contribution >= 4 is 29.2 Å². The van der Waals surface area contributed by atoms with Crippen molar-refractivity contribution in [3.05, 3.63) is 71.3 Å². The lowest BCUT2D eigenvalue weighted by atomic mass is 10.1. The van der Waals surface area contributed by atoms with Gasteiger partial charge in [-0.15, -0.1) is 0 Å². The van der Waals surface area contributed by atoms with E-state index in [-0.39, 0.29) is 17.1 Å². The maximum absolute atomic E-state index is 11.6. The summed E-state index contributed by atoms with van der Waals surface area (Å²) >= 11 is 0. The Hall–Kier alpha value is -3.67. The van der Waals surface area contributed by atoms with Crippen molar-refractivity contribution in [2.24, 2.45) is 10.2 Å². The second-order valence-electron chi connectivity index (χ2n) is 5.55. The first kappa shape index (κ1) is 17.2. The maximum atomic E-state index is 11.6. The van der Waals surface area contributed by atoms with Crippen LogP contribution in [-0.4, -0.2) is 35.7 Å². The molecule has 0 aliphatic heterocycles. The van der Waals surface area contributed by atoms with Gasteiger partial charge in [0.15, 0.2) is 0 Å². The predicted molar refractivity (Wildman–Crippen MR) is 100 cm³/mol. The molecule has 0 radical (unpaired) electrons. The molecule has 0 aliphatic carbocycles. The van der Waals surface area contributed by atoms with E-state index >= 15 is 0 Å². The van der Waals surface area contributed by atoms with Gasteiger partial charge in [-0.1, -0.05) is 18.2 Å². The highest BCUT2D eigenvalue weighted by Gasteiger charge is 2.11. The molecule has 0 saturated carbocycles. The molecular formula is C20H16N2O4. The van der Waals surface area contributed by atoms with Gasteiger partial charge in [-0.2, -0.15) is 10.2 Å². The van der Waals surface area contributed by atoms with Crippen LogP contribution < -0.4 is 0 Å². The Morgan fingerprint density at radius 2 is 1.50 bits per heavy atom. The first-order valence-electron chi connectivity index (χ1n) is 7.77. The fraction of sp³-hybridized carbons (Fsp3) is 0.0500. The van der Waals surface area contributed by atoms with Crippen molar-refractivity contribution in [1.82, 2.24) is 0 Å². The first-order valence-corrected chi connectivity index (χ1v) is 7.77. The molecule has 130 valence electrons. The number of phenols is 2. The smallest absolute Gasteiger partial charge is 0.341 e. The van der Waals surface area contributed by atoms with Crippen LogP contribution in [0.25, 0.3) is 10.8 Å². The summed E-state index contributed by atoms with van der Waals surface area (Å²) < 4.78 is 4.61.